The Hall–Kier alpha value is -1.91. The standard InChI is InChI=1S/C9H9FN4/c1-6-3-2-4-7(8(6)10)14-5-12-9(11)13-14/h2-5H,1H3,(H2,11,13). The SMILES string of the molecule is Cc1cccc(-n2cnc(N)n2)c1F. The molecule has 0 unspecified atom stereocenters. The van der Waals surface area contributed by atoms with E-state index in [1.165, 1.54) is 11.0 Å². The van der Waals surface area contributed by atoms with Gasteiger partial charge in [0.25, 0.3) is 0 Å². The summed E-state index contributed by atoms with van der Waals surface area (Å²) in [6, 6.07) is 5.07. The average molecular weight is 192 g/mol. The van der Waals surface area contributed by atoms with Crippen LogP contribution in [0.2, 0.25) is 0 Å². The zero-order valence-corrected chi connectivity index (χ0v) is 7.61. The lowest BCUT2D eigenvalue weighted by atomic mass is 10.2. The molecule has 2 N–H and O–H groups in total. The van der Waals surface area contributed by atoms with Gasteiger partial charge in [0.1, 0.15) is 12.0 Å². The molecule has 0 aliphatic carbocycles. The molecule has 0 fully saturated rings. The lowest BCUT2D eigenvalue weighted by molar-refractivity contribution is 0.602. The molecule has 0 aliphatic heterocycles. The lowest BCUT2D eigenvalue weighted by Crippen LogP contribution is -2.00. The molecule has 0 bridgehead atoms. The molecule has 0 spiro atoms. The number of anilines is 1. The van der Waals surface area contributed by atoms with Crippen molar-refractivity contribution in [1.29, 1.82) is 0 Å². The maximum Gasteiger partial charge on any atom is 0.239 e. The number of aromatic nitrogens is 3. The van der Waals surface area contributed by atoms with Gasteiger partial charge in [-0.2, -0.15) is 0 Å². The maximum absolute atomic E-state index is 13.6. The molecule has 2 aromatic rings. The van der Waals surface area contributed by atoms with Gasteiger partial charge in [-0.25, -0.2) is 14.1 Å². The first-order valence-electron chi connectivity index (χ1n) is 4.11. The van der Waals surface area contributed by atoms with Gasteiger partial charge in [-0.3, -0.25) is 0 Å². The number of rotatable bonds is 1. The summed E-state index contributed by atoms with van der Waals surface area (Å²) in [4.78, 5) is 3.73. The molecular weight excluding hydrogens is 183 g/mol. The molecule has 5 heteroatoms. The zero-order valence-electron chi connectivity index (χ0n) is 7.61. The number of hydrogen-bond acceptors (Lipinski definition) is 3. The average Bonchev–Trinajstić information content (AvgIpc) is 2.57. The van der Waals surface area contributed by atoms with Crippen molar-refractivity contribution in [2.75, 3.05) is 5.73 Å². The summed E-state index contributed by atoms with van der Waals surface area (Å²) < 4.78 is 14.9. The van der Waals surface area contributed by atoms with Crippen LogP contribution in [0.4, 0.5) is 10.3 Å². The van der Waals surface area contributed by atoms with Gasteiger partial charge in [0, 0.05) is 0 Å². The van der Waals surface area contributed by atoms with Crippen LogP contribution in [0.1, 0.15) is 5.56 Å². The van der Waals surface area contributed by atoms with Crippen LogP contribution in [0.3, 0.4) is 0 Å². The first-order valence-corrected chi connectivity index (χ1v) is 4.11. The van der Waals surface area contributed by atoms with Crippen LogP contribution >= 0.6 is 0 Å². The molecule has 1 heterocycles. The fourth-order valence-corrected chi connectivity index (χ4v) is 1.20. The molecule has 0 atom stereocenters. The molecule has 2 rings (SSSR count). The summed E-state index contributed by atoms with van der Waals surface area (Å²) in [5, 5.41) is 3.83. The van der Waals surface area contributed by atoms with Crippen LogP contribution in [0.25, 0.3) is 5.69 Å². The normalized spacial score (nSPS) is 10.4. The van der Waals surface area contributed by atoms with Crippen molar-refractivity contribution in [3.8, 4) is 5.69 Å². The van der Waals surface area contributed by atoms with E-state index in [0.717, 1.165) is 0 Å². The van der Waals surface area contributed by atoms with E-state index < -0.39 is 0 Å². The molecule has 0 saturated carbocycles. The molecule has 0 amide bonds. The third kappa shape index (κ3) is 1.32. The molecule has 1 aromatic heterocycles. The Kier molecular flexibility index (Phi) is 1.92. The molecule has 0 radical (unpaired) electrons. The van der Waals surface area contributed by atoms with E-state index in [1.807, 2.05) is 0 Å². The highest BCUT2D eigenvalue weighted by atomic mass is 19.1. The van der Waals surface area contributed by atoms with E-state index in [9.17, 15) is 4.39 Å². The van der Waals surface area contributed by atoms with Gasteiger partial charge >= 0.3 is 0 Å². The quantitative estimate of drug-likeness (QED) is 0.740. The van der Waals surface area contributed by atoms with E-state index in [4.69, 9.17) is 5.73 Å². The second-order valence-electron chi connectivity index (χ2n) is 2.96. The minimum absolute atomic E-state index is 0.130. The summed E-state index contributed by atoms with van der Waals surface area (Å²) in [6.45, 7) is 1.69. The highest BCUT2D eigenvalue weighted by Gasteiger charge is 2.07. The molecule has 0 saturated heterocycles. The van der Waals surface area contributed by atoms with Crippen molar-refractivity contribution in [3.63, 3.8) is 0 Å². The smallest absolute Gasteiger partial charge is 0.239 e. The zero-order chi connectivity index (χ0) is 10.1. The van der Waals surface area contributed by atoms with Crippen LogP contribution in [-0.2, 0) is 0 Å². The third-order valence-electron chi connectivity index (χ3n) is 1.93. The molecule has 72 valence electrons. The topological polar surface area (TPSA) is 56.7 Å². The monoisotopic (exact) mass is 192 g/mol. The van der Waals surface area contributed by atoms with Gasteiger partial charge in [0.2, 0.25) is 5.95 Å². The molecule has 14 heavy (non-hydrogen) atoms. The predicted molar refractivity (Wildman–Crippen MR) is 50.5 cm³/mol. The van der Waals surface area contributed by atoms with Crippen molar-refractivity contribution in [2.45, 2.75) is 6.92 Å². The molecular formula is C9H9FN4. The van der Waals surface area contributed by atoms with E-state index in [0.29, 0.717) is 11.3 Å². The minimum atomic E-state index is -0.308. The van der Waals surface area contributed by atoms with Crippen LogP contribution in [-0.4, -0.2) is 14.8 Å². The second-order valence-corrected chi connectivity index (χ2v) is 2.96. The van der Waals surface area contributed by atoms with Crippen molar-refractivity contribution in [2.24, 2.45) is 0 Å². The number of nitrogen functional groups attached to an aromatic ring is 1. The third-order valence-corrected chi connectivity index (χ3v) is 1.93. The van der Waals surface area contributed by atoms with Crippen molar-refractivity contribution >= 4 is 5.95 Å². The lowest BCUT2D eigenvalue weighted by Gasteiger charge is -2.03. The first-order chi connectivity index (χ1) is 6.68. The first kappa shape index (κ1) is 8.68. The Labute approximate surface area is 80.2 Å². The van der Waals surface area contributed by atoms with Gasteiger partial charge in [0.05, 0.1) is 0 Å². The van der Waals surface area contributed by atoms with Crippen LogP contribution < -0.4 is 5.73 Å². The number of aryl methyl sites for hydroxylation is 1. The van der Waals surface area contributed by atoms with Crippen LogP contribution in [0.15, 0.2) is 24.5 Å². The van der Waals surface area contributed by atoms with Gasteiger partial charge in [0.15, 0.2) is 5.82 Å². The van der Waals surface area contributed by atoms with Gasteiger partial charge in [-0.15, -0.1) is 5.10 Å². The van der Waals surface area contributed by atoms with Crippen molar-refractivity contribution < 1.29 is 4.39 Å². The summed E-state index contributed by atoms with van der Waals surface area (Å²) in [6.07, 6.45) is 1.38. The van der Waals surface area contributed by atoms with E-state index >= 15 is 0 Å². The Bertz CT molecular complexity index is 464. The summed E-state index contributed by atoms with van der Waals surface area (Å²) in [5.41, 5.74) is 6.26. The van der Waals surface area contributed by atoms with Crippen LogP contribution in [0.5, 0.6) is 0 Å². The summed E-state index contributed by atoms with van der Waals surface area (Å²) >= 11 is 0. The van der Waals surface area contributed by atoms with E-state index in [1.54, 1.807) is 25.1 Å². The molecule has 4 nitrogen and oxygen atoms in total. The molecule has 1 aromatic carbocycles. The fraction of sp³-hybridized carbons (Fsp3) is 0.111. The summed E-state index contributed by atoms with van der Waals surface area (Å²) in [5.74, 6) is -0.177. The number of nitrogens with zero attached hydrogens (tertiary/aromatic N) is 3. The fourth-order valence-electron chi connectivity index (χ4n) is 1.20. The Morgan fingerprint density at radius 2 is 2.21 bits per heavy atom. The summed E-state index contributed by atoms with van der Waals surface area (Å²) in [7, 11) is 0. The predicted octanol–water partition coefficient (Wildman–Crippen LogP) is 1.30. The number of nitrogens with two attached hydrogens (primary N) is 1. The van der Waals surface area contributed by atoms with Crippen molar-refractivity contribution in [1.82, 2.24) is 14.8 Å². The second kappa shape index (κ2) is 3.10. The Balaban J connectivity index is 2.57. The Morgan fingerprint density at radius 1 is 1.43 bits per heavy atom. The molecule has 0 aliphatic rings. The van der Waals surface area contributed by atoms with Gasteiger partial charge < -0.3 is 5.73 Å². The number of hydrogen-bond donors (Lipinski definition) is 1. The minimum Gasteiger partial charge on any atom is -0.366 e. The van der Waals surface area contributed by atoms with Gasteiger partial charge in [-0.1, -0.05) is 12.1 Å². The highest BCUT2D eigenvalue weighted by Crippen LogP contribution is 2.15. The maximum atomic E-state index is 13.6. The van der Waals surface area contributed by atoms with Crippen molar-refractivity contribution in [3.05, 3.63) is 35.9 Å². The van der Waals surface area contributed by atoms with E-state index in [2.05, 4.69) is 10.1 Å². The van der Waals surface area contributed by atoms with Gasteiger partial charge in [-0.05, 0) is 18.6 Å². The van der Waals surface area contributed by atoms with E-state index in [-0.39, 0.29) is 11.8 Å². The number of halogens is 1. The largest absolute Gasteiger partial charge is 0.366 e. The van der Waals surface area contributed by atoms with Crippen LogP contribution in [0, 0.1) is 12.7 Å². The number of benzene rings is 1. The Morgan fingerprint density at radius 3 is 2.86 bits per heavy atom. The highest BCUT2D eigenvalue weighted by molar-refractivity contribution is 5.37.